The minimum atomic E-state index is -0.281. The molecule has 6 heteroatoms. The molecule has 6 nitrogen and oxygen atoms in total. The third kappa shape index (κ3) is 5.03. The number of fused-ring (bicyclic) bond motifs is 1. The van der Waals surface area contributed by atoms with Gasteiger partial charge in [-0.25, -0.2) is 0 Å². The molecule has 0 saturated carbocycles. The number of para-hydroxylation sites is 2. The van der Waals surface area contributed by atoms with Gasteiger partial charge >= 0.3 is 0 Å². The topological polar surface area (TPSA) is 58.0 Å². The lowest BCUT2D eigenvalue weighted by Gasteiger charge is -2.36. The SMILES string of the molecule is CCN1CCN(c2ccc(NC(=O)c3oc4ccccc4c3COc3ccccc3)cc2C)CC1. The molecule has 0 unspecified atom stereocenters. The van der Waals surface area contributed by atoms with Crippen LogP contribution >= 0.6 is 0 Å². The van der Waals surface area contributed by atoms with Crippen LogP contribution in [0.1, 0.15) is 28.6 Å². The number of benzene rings is 3. The minimum absolute atomic E-state index is 0.242. The van der Waals surface area contributed by atoms with Gasteiger partial charge in [0.2, 0.25) is 0 Å². The lowest BCUT2D eigenvalue weighted by Crippen LogP contribution is -2.46. The molecule has 0 bridgehead atoms. The molecule has 0 radical (unpaired) electrons. The number of piperazine rings is 1. The van der Waals surface area contributed by atoms with Gasteiger partial charge in [0.25, 0.3) is 5.91 Å². The van der Waals surface area contributed by atoms with Crippen molar-refractivity contribution in [2.75, 3.05) is 42.9 Å². The molecule has 0 spiro atoms. The molecule has 1 aliphatic rings. The quantitative estimate of drug-likeness (QED) is 0.375. The first-order chi connectivity index (χ1) is 17.1. The van der Waals surface area contributed by atoms with Crippen LogP contribution in [0.4, 0.5) is 11.4 Å². The molecule has 1 amide bonds. The summed E-state index contributed by atoms with van der Waals surface area (Å²) in [6.07, 6.45) is 0. The summed E-state index contributed by atoms with van der Waals surface area (Å²) < 4.78 is 12.0. The second-order valence-electron chi connectivity index (χ2n) is 8.88. The molecule has 35 heavy (non-hydrogen) atoms. The van der Waals surface area contributed by atoms with Crippen molar-refractivity contribution in [3.8, 4) is 5.75 Å². The molecule has 3 aromatic carbocycles. The minimum Gasteiger partial charge on any atom is -0.489 e. The van der Waals surface area contributed by atoms with Crippen LogP contribution in [0.25, 0.3) is 11.0 Å². The van der Waals surface area contributed by atoms with E-state index in [2.05, 4.69) is 35.0 Å². The van der Waals surface area contributed by atoms with Gasteiger partial charge < -0.3 is 24.3 Å². The number of hydrogen-bond donors (Lipinski definition) is 1. The summed E-state index contributed by atoms with van der Waals surface area (Å²) in [5, 5.41) is 3.91. The van der Waals surface area contributed by atoms with Crippen molar-refractivity contribution >= 4 is 28.3 Å². The smallest absolute Gasteiger partial charge is 0.291 e. The fourth-order valence-electron chi connectivity index (χ4n) is 4.68. The van der Waals surface area contributed by atoms with Crippen LogP contribution < -0.4 is 15.0 Å². The molecular formula is C29H31N3O3. The number of carbonyl (C=O) groups is 1. The molecule has 0 aliphatic carbocycles. The average molecular weight is 470 g/mol. The van der Waals surface area contributed by atoms with Gasteiger partial charge in [-0.15, -0.1) is 0 Å². The fraction of sp³-hybridized carbons (Fsp3) is 0.276. The Kier molecular flexibility index (Phi) is 6.73. The molecule has 1 aliphatic heterocycles. The largest absolute Gasteiger partial charge is 0.489 e. The van der Waals surface area contributed by atoms with E-state index in [1.54, 1.807) is 0 Å². The first-order valence-electron chi connectivity index (χ1n) is 12.2. The van der Waals surface area contributed by atoms with Crippen molar-refractivity contribution in [3.63, 3.8) is 0 Å². The molecule has 2 heterocycles. The standard InChI is InChI=1S/C29H31N3O3/c1-3-31-15-17-32(18-16-31)26-14-13-22(19-21(26)2)30-29(33)28-25(20-34-23-9-5-4-6-10-23)24-11-7-8-12-27(24)35-28/h4-14,19H,3,15-18,20H2,1-2H3,(H,30,33). The number of nitrogens with one attached hydrogen (secondary N) is 1. The lowest BCUT2D eigenvalue weighted by atomic mass is 10.1. The van der Waals surface area contributed by atoms with Crippen LogP contribution in [-0.4, -0.2) is 43.5 Å². The Morgan fingerprint density at radius 2 is 1.71 bits per heavy atom. The van der Waals surface area contributed by atoms with Crippen molar-refractivity contribution in [1.29, 1.82) is 0 Å². The zero-order valence-electron chi connectivity index (χ0n) is 20.3. The number of rotatable bonds is 7. The van der Waals surface area contributed by atoms with E-state index >= 15 is 0 Å². The van der Waals surface area contributed by atoms with E-state index in [-0.39, 0.29) is 18.3 Å². The third-order valence-corrected chi connectivity index (χ3v) is 6.65. The molecule has 1 fully saturated rings. The monoisotopic (exact) mass is 469 g/mol. The Balaban J connectivity index is 1.34. The van der Waals surface area contributed by atoms with Gasteiger partial charge in [-0.2, -0.15) is 0 Å². The summed E-state index contributed by atoms with van der Waals surface area (Å²) in [6, 6.07) is 23.3. The van der Waals surface area contributed by atoms with Gasteiger partial charge in [0.1, 0.15) is 17.9 Å². The average Bonchev–Trinajstić information content (AvgIpc) is 3.27. The fourth-order valence-corrected chi connectivity index (χ4v) is 4.68. The summed E-state index contributed by atoms with van der Waals surface area (Å²) in [5.41, 5.74) is 4.52. The Morgan fingerprint density at radius 1 is 0.971 bits per heavy atom. The highest BCUT2D eigenvalue weighted by Crippen LogP contribution is 2.29. The number of ether oxygens (including phenoxy) is 1. The Labute approximate surface area is 206 Å². The van der Waals surface area contributed by atoms with E-state index in [0.29, 0.717) is 5.58 Å². The van der Waals surface area contributed by atoms with Gasteiger partial charge in [-0.1, -0.05) is 43.3 Å². The lowest BCUT2D eigenvalue weighted by molar-refractivity contribution is 0.0995. The Bertz CT molecular complexity index is 1310. The van der Waals surface area contributed by atoms with E-state index < -0.39 is 0 Å². The van der Waals surface area contributed by atoms with Crippen LogP contribution in [0.2, 0.25) is 0 Å². The van der Waals surface area contributed by atoms with Crippen LogP contribution in [0.5, 0.6) is 5.75 Å². The summed E-state index contributed by atoms with van der Waals surface area (Å²) in [6.45, 7) is 9.83. The van der Waals surface area contributed by atoms with E-state index in [1.807, 2.05) is 66.7 Å². The summed E-state index contributed by atoms with van der Waals surface area (Å²) in [4.78, 5) is 18.2. The van der Waals surface area contributed by atoms with Crippen LogP contribution in [0.15, 0.2) is 77.2 Å². The Hall–Kier alpha value is -3.77. The van der Waals surface area contributed by atoms with E-state index in [1.165, 1.54) is 5.69 Å². The number of anilines is 2. The van der Waals surface area contributed by atoms with Crippen LogP contribution in [-0.2, 0) is 6.61 Å². The second-order valence-corrected chi connectivity index (χ2v) is 8.88. The van der Waals surface area contributed by atoms with Crippen molar-refractivity contribution in [3.05, 3.63) is 89.7 Å². The molecular weight excluding hydrogens is 438 g/mol. The molecule has 1 saturated heterocycles. The highest BCUT2D eigenvalue weighted by molar-refractivity contribution is 6.06. The van der Waals surface area contributed by atoms with Crippen LogP contribution in [0, 0.1) is 6.92 Å². The van der Waals surface area contributed by atoms with Crippen molar-refractivity contribution in [2.24, 2.45) is 0 Å². The highest BCUT2D eigenvalue weighted by atomic mass is 16.5. The van der Waals surface area contributed by atoms with Gasteiger partial charge in [-0.3, -0.25) is 4.79 Å². The molecule has 1 N–H and O–H groups in total. The maximum absolute atomic E-state index is 13.3. The molecule has 5 rings (SSSR count). The normalized spacial score (nSPS) is 14.3. The van der Waals surface area contributed by atoms with E-state index in [9.17, 15) is 4.79 Å². The van der Waals surface area contributed by atoms with Gasteiger partial charge in [0.15, 0.2) is 5.76 Å². The third-order valence-electron chi connectivity index (χ3n) is 6.65. The van der Waals surface area contributed by atoms with Crippen molar-refractivity contribution < 1.29 is 13.9 Å². The predicted octanol–water partition coefficient (Wildman–Crippen LogP) is 5.71. The van der Waals surface area contributed by atoms with E-state index in [4.69, 9.17) is 9.15 Å². The van der Waals surface area contributed by atoms with Gasteiger partial charge in [0, 0.05) is 48.5 Å². The number of hydrogen-bond acceptors (Lipinski definition) is 5. The Morgan fingerprint density at radius 3 is 2.46 bits per heavy atom. The second kappa shape index (κ2) is 10.2. The molecule has 0 atom stereocenters. The van der Waals surface area contributed by atoms with Gasteiger partial charge in [0.05, 0.1) is 0 Å². The summed E-state index contributed by atoms with van der Waals surface area (Å²) >= 11 is 0. The zero-order chi connectivity index (χ0) is 24.2. The first-order valence-corrected chi connectivity index (χ1v) is 12.2. The number of nitrogens with zero attached hydrogens (tertiary/aromatic N) is 2. The molecule has 1 aromatic heterocycles. The maximum atomic E-state index is 13.3. The highest BCUT2D eigenvalue weighted by Gasteiger charge is 2.22. The zero-order valence-corrected chi connectivity index (χ0v) is 20.3. The number of amides is 1. The van der Waals surface area contributed by atoms with Gasteiger partial charge in [-0.05, 0) is 55.4 Å². The van der Waals surface area contributed by atoms with Crippen molar-refractivity contribution in [2.45, 2.75) is 20.5 Å². The molecule has 4 aromatic rings. The first kappa shape index (κ1) is 23.0. The molecule has 180 valence electrons. The number of likely N-dealkylation sites (N-methyl/N-ethyl adjacent to an activating group) is 1. The number of carbonyl (C=O) groups excluding carboxylic acids is 1. The maximum Gasteiger partial charge on any atom is 0.291 e. The van der Waals surface area contributed by atoms with Crippen molar-refractivity contribution in [1.82, 2.24) is 4.90 Å². The number of furan rings is 1. The van der Waals surface area contributed by atoms with E-state index in [0.717, 1.165) is 60.7 Å². The number of aryl methyl sites for hydroxylation is 1. The summed E-state index contributed by atoms with van der Waals surface area (Å²) in [5.74, 6) is 0.742. The summed E-state index contributed by atoms with van der Waals surface area (Å²) in [7, 11) is 0. The predicted molar refractivity (Wildman–Crippen MR) is 140 cm³/mol. The van der Waals surface area contributed by atoms with Crippen LogP contribution in [0.3, 0.4) is 0 Å².